The van der Waals surface area contributed by atoms with Gasteiger partial charge in [0.15, 0.2) is 0 Å². The molecule has 0 fully saturated rings. The molecule has 0 saturated carbocycles. The summed E-state index contributed by atoms with van der Waals surface area (Å²) in [5.74, 6) is 0. The third kappa shape index (κ3) is 3.29. The van der Waals surface area contributed by atoms with Gasteiger partial charge in [-0.15, -0.1) is 0 Å². The summed E-state index contributed by atoms with van der Waals surface area (Å²) in [6.45, 7) is 0. The fourth-order valence-electron chi connectivity index (χ4n) is 6.66. The summed E-state index contributed by atoms with van der Waals surface area (Å²) in [5.41, 5.74) is 11.6. The first-order valence-electron chi connectivity index (χ1n) is 14.2. The quantitative estimate of drug-likeness (QED) is 0.225. The zero-order chi connectivity index (χ0) is 27.6. The molecule has 0 radical (unpaired) electrons. The van der Waals surface area contributed by atoms with E-state index < -0.39 is 0 Å². The van der Waals surface area contributed by atoms with Crippen LogP contribution in [0.2, 0.25) is 0 Å². The number of hydrogen-bond donors (Lipinski definition) is 0. The SMILES string of the molecule is c1ccc(-c2ccc3c(c2)c2cc4c(cc2n3-c2cccnc2)N(c2cccnc2)c2cccc3cccc-4c23)cc1. The number of aromatic nitrogens is 3. The van der Waals surface area contributed by atoms with Crippen LogP contribution in [0.15, 0.2) is 146 Å². The summed E-state index contributed by atoms with van der Waals surface area (Å²) >= 11 is 0. The fourth-order valence-corrected chi connectivity index (χ4v) is 6.66. The average molecular weight is 537 g/mol. The second-order valence-electron chi connectivity index (χ2n) is 10.8. The number of rotatable bonds is 3. The number of benzene rings is 5. The largest absolute Gasteiger partial charge is 0.308 e. The maximum Gasteiger partial charge on any atom is 0.0645 e. The van der Waals surface area contributed by atoms with Gasteiger partial charge in [0, 0.05) is 34.1 Å². The molecule has 1 aliphatic heterocycles. The van der Waals surface area contributed by atoms with Gasteiger partial charge in [-0.2, -0.15) is 0 Å². The molecule has 0 N–H and O–H groups in total. The molecule has 0 unspecified atom stereocenters. The summed E-state index contributed by atoms with van der Waals surface area (Å²) in [4.78, 5) is 11.3. The molecule has 196 valence electrons. The monoisotopic (exact) mass is 536 g/mol. The molecule has 0 aliphatic carbocycles. The smallest absolute Gasteiger partial charge is 0.0645 e. The third-order valence-electron chi connectivity index (χ3n) is 8.45. The van der Waals surface area contributed by atoms with E-state index in [1.807, 2.05) is 36.9 Å². The highest BCUT2D eigenvalue weighted by molar-refractivity contribution is 6.19. The molecular weight excluding hydrogens is 512 g/mol. The van der Waals surface area contributed by atoms with E-state index in [9.17, 15) is 0 Å². The summed E-state index contributed by atoms with van der Waals surface area (Å²) in [7, 11) is 0. The maximum absolute atomic E-state index is 4.50. The lowest BCUT2D eigenvalue weighted by molar-refractivity contribution is 1.14. The van der Waals surface area contributed by atoms with Gasteiger partial charge >= 0.3 is 0 Å². The minimum absolute atomic E-state index is 1.04. The van der Waals surface area contributed by atoms with Gasteiger partial charge in [-0.1, -0.05) is 66.7 Å². The molecule has 5 aromatic carbocycles. The maximum atomic E-state index is 4.50. The Morgan fingerprint density at radius 1 is 0.476 bits per heavy atom. The predicted molar refractivity (Wildman–Crippen MR) is 173 cm³/mol. The van der Waals surface area contributed by atoms with E-state index in [-0.39, 0.29) is 0 Å². The van der Waals surface area contributed by atoms with Gasteiger partial charge in [-0.25, -0.2) is 0 Å². The van der Waals surface area contributed by atoms with Gasteiger partial charge in [-0.3, -0.25) is 9.97 Å². The van der Waals surface area contributed by atoms with Crippen LogP contribution < -0.4 is 4.90 Å². The van der Waals surface area contributed by atoms with Crippen LogP contribution in [0.5, 0.6) is 0 Å². The molecule has 1 aliphatic rings. The highest BCUT2D eigenvalue weighted by Crippen LogP contribution is 2.52. The Bertz CT molecular complexity index is 2280. The van der Waals surface area contributed by atoms with Crippen molar-refractivity contribution in [2.24, 2.45) is 0 Å². The van der Waals surface area contributed by atoms with Crippen molar-refractivity contribution in [1.29, 1.82) is 0 Å². The van der Waals surface area contributed by atoms with E-state index in [1.54, 1.807) is 0 Å². The Hall–Kier alpha value is -5.74. The molecule has 42 heavy (non-hydrogen) atoms. The molecule has 0 spiro atoms. The van der Waals surface area contributed by atoms with E-state index in [0.717, 1.165) is 28.1 Å². The zero-order valence-electron chi connectivity index (χ0n) is 22.6. The zero-order valence-corrected chi connectivity index (χ0v) is 22.6. The molecule has 0 bridgehead atoms. The van der Waals surface area contributed by atoms with Crippen LogP contribution >= 0.6 is 0 Å². The number of hydrogen-bond acceptors (Lipinski definition) is 3. The van der Waals surface area contributed by atoms with Gasteiger partial charge < -0.3 is 9.47 Å². The Kier molecular flexibility index (Phi) is 4.87. The van der Waals surface area contributed by atoms with Gasteiger partial charge in [0.25, 0.3) is 0 Å². The third-order valence-corrected chi connectivity index (χ3v) is 8.45. The lowest BCUT2D eigenvalue weighted by Crippen LogP contribution is -2.15. The lowest BCUT2D eigenvalue weighted by Gasteiger charge is -2.33. The molecule has 4 nitrogen and oxygen atoms in total. The highest BCUT2D eigenvalue weighted by atomic mass is 15.2. The molecule has 4 heterocycles. The summed E-state index contributed by atoms with van der Waals surface area (Å²) < 4.78 is 2.34. The molecule has 8 aromatic rings. The van der Waals surface area contributed by atoms with Crippen LogP contribution in [0.25, 0.3) is 60.5 Å². The number of pyridine rings is 2. The van der Waals surface area contributed by atoms with Crippen LogP contribution in [0.3, 0.4) is 0 Å². The first-order valence-corrected chi connectivity index (χ1v) is 14.2. The van der Waals surface area contributed by atoms with Crippen LogP contribution in [0.4, 0.5) is 17.1 Å². The minimum atomic E-state index is 1.04. The molecule has 3 aromatic heterocycles. The van der Waals surface area contributed by atoms with Crippen molar-refractivity contribution in [1.82, 2.24) is 14.5 Å². The second-order valence-corrected chi connectivity index (χ2v) is 10.8. The standard InChI is InChI=1S/C38H24N4/c1-2-8-25(9-3-1)27-16-17-34-31(20-27)33-21-32-30-14-4-10-26-11-5-15-35(38(26)30)42(29-13-7-19-40-24-29)36(32)22-37(33)41(34)28-12-6-18-39-23-28/h1-24H. The summed E-state index contributed by atoms with van der Waals surface area (Å²) in [6.07, 6.45) is 7.55. The van der Waals surface area contributed by atoms with E-state index in [0.29, 0.717) is 0 Å². The predicted octanol–water partition coefficient (Wildman–Crippen LogP) is 9.84. The molecule has 4 heteroatoms. The van der Waals surface area contributed by atoms with Crippen molar-refractivity contribution in [3.05, 3.63) is 146 Å². The van der Waals surface area contributed by atoms with E-state index in [4.69, 9.17) is 0 Å². The lowest BCUT2D eigenvalue weighted by atomic mass is 9.90. The van der Waals surface area contributed by atoms with E-state index in [2.05, 4.69) is 129 Å². The first kappa shape index (κ1) is 23.0. The Morgan fingerprint density at radius 2 is 1.24 bits per heavy atom. The van der Waals surface area contributed by atoms with E-state index >= 15 is 0 Å². The normalized spacial score (nSPS) is 12.2. The molecular formula is C38H24N4. The van der Waals surface area contributed by atoms with Crippen LogP contribution in [0.1, 0.15) is 0 Å². The van der Waals surface area contributed by atoms with Gasteiger partial charge in [0.2, 0.25) is 0 Å². The second kappa shape index (κ2) is 8.88. The Morgan fingerprint density at radius 3 is 2.02 bits per heavy atom. The molecule has 0 atom stereocenters. The highest BCUT2D eigenvalue weighted by Gasteiger charge is 2.28. The van der Waals surface area contributed by atoms with Crippen molar-refractivity contribution in [2.45, 2.75) is 0 Å². The molecule has 9 rings (SSSR count). The first-order chi connectivity index (χ1) is 20.8. The van der Waals surface area contributed by atoms with Crippen molar-refractivity contribution in [3.63, 3.8) is 0 Å². The summed E-state index contributed by atoms with van der Waals surface area (Å²) in [5, 5.41) is 4.93. The van der Waals surface area contributed by atoms with Gasteiger partial charge in [0.1, 0.15) is 0 Å². The topological polar surface area (TPSA) is 34.0 Å². The van der Waals surface area contributed by atoms with Crippen LogP contribution in [0, 0.1) is 0 Å². The van der Waals surface area contributed by atoms with Crippen molar-refractivity contribution in [3.8, 4) is 27.9 Å². The molecule has 0 saturated heterocycles. The average Bonchev–Trinajstić information content (AvgIpc) is 3.38. The number of nitrogens with zero attached hydrogens (tertiary/aromatic N) is 4. The summed E-state index contributed by atoms with van der Waals surface area (Å²) in [6, 6.07) is 43.6. The fraction of sp³-hybridized carbons (Fsp3) is 0. The van der Waals surface area contributed by atoms with Crippen molar-refractivity contribution in [2.75, 3.05) is 4.90 Å². The van der Waals surface area contributed by atoms with Crippen molar-refractivity contribution < 1.29 is 0 Å². The minimum Gasteiger partial charge on any atom is -0.308 e. The Labute approximate surface area is 242 Å². The number of anilines is 3. The van der Waals surface area contributed by atoms with Gasteiger partial charge in [-0.05, 0) is 76.7 Å². The van der Waals surface area contributed by atoms with Crippen LogP contribution in [-0.2, 0) is 0 Å². The molecule has 0 amide bonds. The van der Waals surface area contributed by atoms with E-state index in [1.165, 1.54) is 49.5 Å². The Balaban J connectivity index is 1.43. The van der Waals surface area contributed by atoms with Crippen LogP contribution in [-0.4, -0.2) is 14.5 Å². The van der Waals surface area contributed by atoms with Crippen molar-refractivity contribution >= 4 is 49.6 Å². The number of fused-ring (bicyclic) bond motifs is 5. The van der Waals surface area contributed by atoms with Gasteiger partial charge in [0.05, 0.1) is 46.2 Å².